The molecule has 1 heterocycles. The summed E-state index contributed by atoms with van der Waals surface area (Å²) >= 11 is 0. The molecule has 1 aromatic heterocycles. The molecule has 1 amide bonds. The Morgan fingerprint density at radius 3 is 2.53 bits per heavy atom. The third-order valence-corrected chi connectivity index (χ3v) is 1.99. The molecule has 0 unspecified atom stereocenters. The summed E-state index contributed by atoms with van der Waals surface area (Å²) in [6.07, 6.45) is 0. The van der Waals surface area contributed by atoms with Crippen LogP contribution in [0.15, 0.2) is 10.5 Å². The van der Waals surface area contributed by atoms with E-state index in [-0.39, 0.29) is 5.91 Å². The largest absolute Gasteiger partial charge is 0.466 e. The van der Waals surface area contributed by atoms with Crippen molar-refractivity contribution >= 4 is 5.91 Å². The first-order valence-corrected chi connectivity index (χ1v) is 4.94. The SMILES string of the molecule is Cc1cc(C(=O)NCC(C)(C)N)c(C)o1. The van der Waals surface area contributed by atoms with Gasteiger partial charge in [-0.1, -0.05) is 0 Å². The maximum Gasteiger partial charge on any atom is 0.254 e. The maximum absolute atomic E-state index is 11.7. The summed E-state index contributed by atoms with van der Waals surface area (Å²) in [6.45, 7) is 7.75. The van der Waals surface area contributed by atoms with Crippen LogP contribution in [-0.2, 0) is 0 Å². The molecule has 0 aromatic carbocycles. The van der Waals surface area contributed by atoms with Gasteiger partial charge in [-0.2, -0.15) is 0 Å². The lowest BCUT2D eigenvalue weighted by Crippen LogP contribution is -2.45. The van der Waals surface area contributed by atoms with Crippen LogP contribution in [0.3, 0.4) is 0 Å². The molecular weight excluding hydrogens is 192 g/mol. The Hall–Kier alpha value is -1.29. The molecule has 0 bridgehead atoms. The Kier molecular flexibility index (Phi) is 3.19. The van der Waals surface area contributed by atoms with Gasteiger partial charge in [0, 0.05) is 12.1 Å². The quantitative estimate of drug-likeness (QED) is 0.791. The first-order valence-electron chi connectivity index (χ1n) is 4.94. The smallest absolute Gasteiger partial charge is 0.254 e. The number of rotatable bonds is 3. The second-order valence-electron chi connectivity index (χ2n) is 4.50. The predicted molar refractivity (Wildman–Crippen MR) is 58.8 cm³/mol. The van der Waals surface area contributed by atoms with Gasteiger partial charge in [-0.15, -0.1) is 0 Å². The molecule has 0 spiro atoms. The number of furan rings is 1. The molecule has 4 heteroatoms. The molecule has 1 aromatic rings. The van der Waals surface area contributed by atoms with Crippen molar-refractivity contribution in [3.05, 3.63) is 23.2 Å². The lowest BCUT2D eigenvalue weighted by molar-refractivity contribution is 0.0944. The van der Waals surface area contributed by atoms with E-state index in [1.165, 1.54) is 0 Å². The number of nitrogens with one attached hydrogen (secondary N) is 1. The number of aryl methyl sites for hydroxylation is 2. The van der Waals surface area contributed by atoms with Crippen LogP contribution in [0.2, 0.25) is 0 Å². The molecule has 0 aliphatic rings. The van der Waals surface area contributed by atoms with Crippen LogP contribution in [-0.4, -0.2) is 18.0 Å². The minimum atomic E-state index is -0.400. The highest BCUT2D eigenvalue weighted by Gasteiger charge is 2.16. The maximum atomic E-state index is 11.7. The van der Waals surface area contributed by atoms with Gasteiger partial charge in [0.1, 0.15) is 11.5 Å². The van der Waals surface area contributed by atoms with Crippen LogP contribution in [0.25, 0.3) is 0 Å². The van der Waals surface area contributed by atoms with E-state index in [1.807, 2.05) is 20.8 Å². The van der Waals surface area contributed by atoms with E-state index in [9.17, 15) is 4.79 Å². The van der Waals surface area contributed by atoms with E-state index in [2.05, 4.69) is 5.32 Å². The molecule has 15 heavy (non-hydrogen) atoms. The number of amides is 1. The fourth-order valence-electron chi connectivity index (χ4n) is 1.26. The summed E-state index contributed by atoms with van der Waals surface area (Å²) in [4.78, 5) is 11.7. The van der Waals surface area contributed by atoms with Crippen molar-refractivity contribution in [3.8, 4) is 0 Å². The number of carbonyl (C=O) groups is 1. The van der Waals surface area contributed by atoms with Crippen molar-refractivity contribution in [1.29, 1.82) is 0 Å². The highest BCUT2D eigenvalue weighted by atomic mass is 16.3. The molecule has 3 N–H and O–H groups in total. The van der Waals surface area contributed by atoms with Gasteiger partial charge in [0.05, 0.1) is 5.56 Å². The van der Waals surface area contributed by atoms with Gasteiger partial charge in [-0.25, -0.2) is 0 Å². The van der Waals surface area contributed by atoms with Crippen molar-refractivity contribution in [2.45, 2.75) is 33.2 Å². The van der Waals surface area contributed by atoms with Gasteiger partial charge in [-0.05, 0) is 33.8 Å². The van der Waals surface area contributed by atoms with E-state index in [1.54, 1.807) is 13.0 Å². The molecule has 1 rings (SSSR count). The van der Waals surface area contributed by atoms with Crippen LogP contribution >= 0.6 is 0 Å². The van der Waals surface area contributed by atoms with Gasteiger partial charge in [0.15, 0.2) is 0 Å². The number of hydrogen-bond acceptors (Lipinski definition) is 3. The van der Waals surface area contributed by atoms with E-state index in [0.717, 1.165) is 5.76 Å². The molecule has 0 fully saturated rings. The number of carbonyl (C=O) groups excluding carboxylic acids is 1. The minimum absolute atomic E-state index is 0.136. The van der Waals surface area contributed by atoms with Crippen LogP contribution < -0.4 is 11.1 Å². The standard InChI is InChI=1S/C11H18N2O2/c1-7-5-9(8(2)15-7)10(14)13-6-11(3,4)12/h5H,6,12H2,1-4H3,(H,13,14). The average Bonchev–Trinajstić information content (AvgIpc) is 2.40. The number of nitrogens with two attached hydrogens (primary N) is 1. The first kappa shape index (κ1) is 11.8. The molecule has 0 aliphatic heterocycles. The molecule has 0 radical (unpaired) electrons. The second-order valence-corrected chi connectivity index (χ2v) is 4.50. The number of hydrogen-bond donors (Lipinski definition) is 2. The average molecular weight is 210 g/mol. The molecule has 0 aliphatic carbocycles. The lowest BCUT2D eigenvalue weighted by atomic mass is 10.1. The normalized spacial score (nSPS) is 11.5. The van der Waals surface area contributed by atoms with Crippen LogP contribution in [0, 0.1) is 13.8 Å². The van der Waals surface area contributed by atoms with Crippen molar-refractivity contribution in [3.63, 3.8) is 0 Å². The third kappa shape index (κ3) is 3.40. The zero-order valence-corrected chi connectivity index (χ0v) is 9.68. The highest BCUT2D eigenvalue weighted by Crippen LogP contribution is 2.13. The molecule has 0 saturated heterocycles. The summed E-state index contributed by atoms with van der Waals surface area (Å²) in [7, 11) is 0. The molecule has 0 saturated carbocycles. The topological polar surface area (TPSA) is 68.3 Å². The summed E-state index contributed by atoms with van der Waals surface area (Å²) in [6, 6.07) is 1.73. The van der Waals surface area contributed by atoms with Gasteiger partial charge in [-0.3, -0.25) is 4.79 Å². The highest BCUT2D eigenvalue weighted by molar-refractivity contribution is 5.95. The van der Waals surface area contributed by atoms with E-state index >= 15 is 0 Å². The molecular formula is C11H18N2O2. The summed E-state index contributed by atoms with van der Waals surface area (Å²) < 4.78 is 5.28. The van der Waals surface area contributed by atoms with Gasteiger partial charge < -0.3 is 15.5 Å². The first-order chi connectivity index (χ1) is 6.79. The Morgan fingerprint density at radius 1 is 1.53 bits per heavy atom. The van der Waals surface area contributed by atoms with Gasteiger partial charge in [0.25, 0.3) is 5.91 Å². The fourth-order valence-corrected chi connectivity index (χ4v) is 1.26. The van der Waals surface area contributed by atoms with E-state index in [4.69, 9.17) is 10.2 Å². The van der Waals surface area contributed by atoms with E-state index in [0.29, 0.717) is 17.9 Å². The zero-order valence-electron chi connectivity index (χ0n) is 9.68. The lowest BCUT2D eigenvalue weighted by Gasteiger charge is -2.18. The molecule has 4 nitrogen and oxygen atoms in total. The summed E-state index contributed by atoms with van der Waals surface area (Å²) in [5.41, 5.74) is 5.95. The van der Waals surface area contributed by atoms with Crippen molar-refractivity contribution in [2.75, 3.05) is 6.54 Å². The Morgan fingerprint density at radius 2 is 2.13 bits per heavy atom. The zero-order chi connectivity index (χ0) is 11.6. The second kappa shape index (κ2) is 4.06. The van der Waals surface area contributed by atoms with Gasteiger partial charge in [0.2, 0.25) is 0 Å². The van der Waals surface area contributed by atoms with Crippen LogP contribution in [0.4, 0.5) is 0 Å². The van der Waals surface area contributed by atoms with Crippen LogP contribution in [0.1, 0.15) is 35.7 Å². The fraction of sp³-hybridized carbons (Fsp3) is 0.545. The van der Waals surface area contributed by atoms with E-state index < -0.39 is 5.54 Å². The molecule has 84 valence electrons. The Bertz CT molecular complexity index is 361. The third-order valence-electron chi connectivity index (χ3n) is 1.99. The Balaban J connectivity index is 2.66. The van der Waals surface area contributed by atoms with Gasteiger partial charge >= 0.3 is 0 Å². The van der Waals surface area contributed by atoms with Crippen molar-refractivity contribution in [1.82, 2.24) is 5.32 Å². The monoisotopic (exact) mass is 210 g/mol. The van der Waals surface area contributed by atoms with Crippen LogP contribution in [0.5, 0.6) is 0 Å². The summed E-state index contributed by atoms with van der Waals surface area (Å²) in [5.74, 6) is 1.24. The van der Waals surface area contributed by atoms with Crippen molar-refractivity contribution in [2.24, 2.45) is 5.73 Å². The summed E-state index contributed by atoms with van der Waals surface area (Å²) in [5, 5.41) is 2.77. The Labute approximate surface area is 89.8 Å². The molecule has 0 atom stereocenters. The predicted octanol–water partition coefficient (Wildman–Crippen LogP) is 1.36. The minimum Gasteiger partial charge on any atom is -0.466 e. The van der Waals surface area contributed by atoms with Crippen molar-refractivity contribution < 1.29 is 9.21 Å².